The minimum Gasteiger partial charge on any atom is -0.495 e. The molecule has 0 heterocycles. The van der Waals surface area contributed by atoms with Crippen LogP contribution >= 0.6 is 0 Å². The molecule has 0 saturated heterocycles. The lowest BCUT2D eigenvalue weighted by Gasteiger charge is -2.09. The summed E-state index contributed by atoms with van der Waals surface area (Å²) in [6.45, 7) is 0. The standard InChI is InChI=1S/C13H14N2O/c1-16-13-9-11(7-8-12(13)14)15-10-5-3-2-4-6-10/h2-9,15H,14H2,1H3. The molecule has 3 N–H and O–H groups in total. The van der Waals surface area contributed by atoms with Crippen LogP contribution in [0.2, 0.25) is 0 Å². The van der Waals surface area contributed by atoms with Gasteiger partial charge in [-0.3, -0.25) is 0 Å². The highest BCUT2D eigenvalue weighted by Gasteiger charge is 2.00. The molecular weight excluding hydrogens is 200 g/mol. The average Bonchev–Trinajstić information content (AvgIpc) is 2.33. The number of hydrogen-bond donors (Lipinski definition) is 2. The summed E-state index contributed by atoms with van der Waals surface area (Å²) in [7, 11) is 1.61. The number of benzene rings is 2. The number of nitrogens with two attached hydrogens (primary N) is 1. The third-order valence-electron chi connectivity index (χ3n) is 2.30. The zero-order valence-corrected chi connectivity index (χ0v) is 9.10. The highest BCUT2D eigenvalue weighted by molar-refractivity contribution is 5.66. The van der Waals surface area contributed by atoms with E-state index < -0.39 is 0 Å². The third kappa shape index (κ3) is 2.25. The molecule has 0 saturated carbocycles. The first-order valence-electron chi connectivity index (χ1n) is 5.05. The number of para-hydroxylation sites is 1. The summed E-state index contributed by atoms with van der Waals surface area (Å²) in [5.41, 5.74) is 8.37. The van der Waals surface area contributed by atoms with Crippen molar-refractivity contribution in [1.82, 2.24) is 0 Å². The molecule has 0 aliphatic rings. The minimum atomic E-state index is 0.640. The van der Waals surface area contributed by atoms with Crippen molar-refractivity contribution in [3.8, 4) is 5.75 Å². The molecule has 0 atom stereocenters. The maximum absolute atomic E-state index is 5.74. The topological polar surface area (TPSA) is 47.3 Å². The Balaban J connectivity index is 2.22. The minimum absolute atomic E-state index is 0.640. The third-order valence-corrected chi connectivity index (χ3v) is 2.30. The molecule has 3 heteroatoms. The maximum atomic E-state index is 5.74. The summed E-state index contributed by atoms with van der Waals surface area (Å²) in [5.74, 6) is 0.681. The molecular formula is C13H14N2O. The lowest BCUT2D eigenvalue weighted by Crippen LogP contribution is -1.95. The number of anilines is 3. The molecule has 16 heavy (non-hydrogen) atoms. The molecule has 3 nitrogen and oxygen atoms in total. The Morgan fingerprint density at radius 1 is 1.00 bits per heavy atom. The molecule has 0 aromatic heterocycles. The van der Waals surface area contributed by atoms with E-state index >= 15 is 0 Å². The second kappa shape index (κ2) is 4.57. The first-order valence-corrected chi connectivity index (χ1v) is 5.05. The Morgan fingerprint density at radius 2 is 1.75 bits per heavy atom. The van der Waals surface area contributed by atoms with Gasteiger partial charge in [0.2, 0.25) is 0 Å². The summed E-state index contributed by atoms with van der Waals surface area (Å²) in [6.07, 6.45) is 0. The first-order chi connectivity index (χ1) is 7.79. The van der Waals surface area contributed by atoms with E-state index in [-0.39, 0.29) is 0 Å². The van der Waals surface area contributed by atoms with E-state index in [1.54, 1.807) is 7.11 Å². The van der Waals surface area contributed by atoms with Crippen LogP contribution < -0.4 is 15.8 Å². The van der Waals surface area contributed by atoms with Crippen molar-refractivity contribution in [2.24, 2.45) is 0 Å². The van der Waals surface area contributed by atoms with E-state index in [0.29, 0.717) is 11.4 Å². The van der Waals surface area contributed by atoms with Crippen LogP contribution in [0.5, 0.6) is 5.75 Å². The highest BCUT2D eigenvalue weighted by atomic mass is 16.5. The zero-order valence-electron chi connectivity index (χ0n) is 9.10. The van der Waals surface area contributed by atoms with Gasteiger partial charge in [-0.25, -0.2) is 0 Å². The number of rotatable bonds is 3. The van der Waals surface area contributed by atoms with Crippen LogP contribution in [0, 0.1) is 0 Å². The fraction of sp³-hybridized carbons (Fsp3) is 0.0769. The molecule has 0 unspecified atom stereocenters. The number of ether oxygens (including phenoxy) is 1. The first kappa shape index (κ1) is 10.4. The van der Waals surface area contributed by atoms with Crippen LogP contribution in [-0.4, -0.2) is 7.11 Å². The van der Waals surface area contributed by atoms with Gasteiger partial charge in [0.25, 0.3) is 0 Å². The quantitative estimate of drug-likeness (QED) is 0.772. The van der Waals surface area contributed by atoms with E-state index in [1.165, 1.54) is 0 Å². The molecule has 2 aromatic carbocycles. The molecule has 2 rings (SSSR count). The smallest absolute Gasteiger partial charge is 0.143 e. The second-order valence-corrected chi connectivity index (χ2v) is 3.45. The van der Waals surface area contributed by atoms with Crippen molar-refractivity contribution >= 4 is 17.1 Å². The zero-order chi connectivity index (χ0) is 11.4. The van der Waals surface area contributed by atoms with Crippen molar-refractivity contribution in [2.75, 3.05) is 18.2 Å². The van der Waals surface area contributed by atoms with Gasteiger partial charge in [-0.1, -0.05) is 18.2 Å². The summed E-state index contributed by atoms with van der Waals surface area (Å²) >= 11 is 0. The molecule has 0 fully saturated rings. The predicted octanol–water partition coefficient (Wildman–Crippen LogP) is 3.02. The van der Waals surface area contributed by atoms with E-state index in [9.17, 15) is 0 Å². The van der Waals surface area contributed by atoms with E-state index in [4.69, 9.17) is 10.5 Å². The van der Waals surface area contributed by atoms with Gasteiger partial charge in [0.05, 0.1) is 12.8 Å². The van der Waals surface area contributed by atoms with Crippen molar-refractivity contribution in [2.45, 2.75) is 0 Å². The van der Waals surface area contributed by atoms with Gasteiger partial charge in [0.15, 0.2) is 0 Å². The van der Waals surface area contributed by atoms with Crippen LogP contribution in [0.15, 0.2) is 48.5 Å². The summed E-state index contributed by atoms with van der Waals surface area (Å²) in [6, 6.07) is 15.6. The maximum Gasteiger partial charge on any atom is 0.143 e. The van der Waals surface area contributed by atoms with Gasteiger partial charge in [-0.2, -0.15) is 0 Å². The normalized spacial score (nSPS) is 9.81. The summed E-state index contributed by atoms with van der Waals surface area (Å²) in [4.78, 5) is 0. The van der Waals surface area contributed by atoms with Gasteiger partial charge in [0, 0.05) is 17.4 Å². The van der Waals surface area contributed by atoms with E-state index in [2.05, 4.69) is 5.32 Å². The lowest BCUT2D eigenvalue weighted by molar-refractivity contribution is 0.417. The number of methoxy groups -OCH3 is 1. The molecule has 0 aliphatic carbocycles. The Bertz CT molecular complexity index is 469. The fourth-order valence-corrected chi connectivity index (χ4v) is 1.48. The van der Waals surface area contributed by atoms with Gasteiger partial charge < -0.3 is 15.8 Å². The van der Waals surface area contributed by atoms with Gasteiger partial charge in [0.1, 0.15) is 5.75 Å². The van der Waals surface area contributed by atoms with Crippen LogP contribution in [0.1, 0.15) is 0 Å². The Morgan fingerprint density at radius 3 is 2.44 bits per heavy atom. The van der Waals surface area contributed by atoms with Gasteiger partial charge in [-0.15, -0.1) is 0 Å². The lowest BCUT2D eigenvalue weighted by atomic mass is 10.2. The largest absolute Gasteiger partial charge is 0.495 e. The fourth-order valence-electron chi connectivity index (χ4n) is 1.48. The molecule has 82 valence electrons. The Labute approximate surface area is 94.9 Å². The number of nitrogens with one attached hydrogen (secondary N) is 1. The van der Waals surface area contributed by atoms with Crippen molar-refractivity contribution in [3.05, 3.63) is 48.5 Å². The Hall–Kier alpha value is -2.16. The molecule has 2 aromatic rings. The van der Waals surface area contributed by atoms with Crippen LogP contribution in [-0.2, 0) is 0 Å². The number of hydrogen-bond acceptors (Lipinski definition) is 3. The molecule has 0 amide bonds. The molecule has 0 spiro atoms. The van der Waals surface area contributed by atoms with Crippen LogP contribution in [0.3, 0.4) is 0 Å². The average molecular weight is 214 g/mol. The highest BCUT2D eigenvalue weighted by Crippen LogP contribution is 2.26. The van der Waals surface area contributed by atoms with Crippen molar-refractivity contribution in [3.63, 3.8) is 0 Å². The predicted molar refractivity (Wildman–Crippen MR) is 67.1 cm³/mol. The monoisotopic (exact) mass is 214 g/mol. The van der Waals surface area contributed by atoms with Crippen molar-refractivity contribution < 1.29 is 4.74 Å². The molecule has 0 aliphatic heterocycles. The second-order valence-electron chi connectivity index (χ2n) is 3.45. The van der Waals surface area contributed by atoms with E-state index in [1.807, 2.05) is 48.5 Å². The summed E-state index contributed by atoms with van der Waals surface area (Å²) in [5, 5.41) is 3.27. The SMILES string of the molecule is COc1cc(Nc2ccccc2)ccc1N. The van der Waals surface area contributed by atoms with Gasteiger partial charge in [-0.05, 0) is 24.3 Å². The molecule has 0 bridgehead atoms. The van der Waals surface area contributed by atoms with E-state index in [0.717, 1.165) is 11.4 Å². The summed E-state index contributed by atoms with van der Waals surface area (Å²) < 4.78 is 5.16. The number of nitrogen functional groups attached to an aromatic ring is 1. The van der Waals surface area contributed by atoms with Crippen molar-refractivity contribution in [1.29, 1.82) is 0 Å². The molecule has 0 radical (unpaired) electrons. The van der Waals surface area contributed by atoms with Crippen LogP contribution in [0.4, 0.5) is 17.1 Å². The van der Waals surface area contributed by atoms with Crippen LogP contribution in [0.25, 0.3) is 0 Å². The Kier molecular flexibility index (Phi) is 2.96. The van der Waals surface area contributed by atoms with Gasteiger partial charge >= 0.3 is 0 Å².